The lowest BCUT2D eigenvalue weighted by Gasteiger charge is -2.28. The van der Waals surface area contributed by atoms with Gasteiger partial charge in [-0.1, -0.05) is 43.6 Å². The summed E-state index contributed by atoms with van der Waals surface area (Å²) in [7, 11) is 0. The van der Waals surface area contributed by atoms with E-state index in [4.69, 9.17) is 0 Å². The number of hydrogen-bond acceptors (Lipinski definition) is 0. The third-order valence-corrected chi connectivity index (χ3v) is 2.62. The van der Waals surface area contributed by atoms with Crippen LogP contribution in [-0.2, 0) is 0 Å². The molecule has 12 heavy (non-hydrogen) atoms. The molecular weight excluding hydrogens is 144 g/mol. The Hall–Kier alpha value is -0.520. The molecule has 1 aliphatic rings. The summed E-state index contributed by atoms with van der Waals surface area (Å²) in [6.45, 7) is 11.4. The highest BCUT2D eigenvalue weighted by molar-refractivity contribution is 5.30. The molecule has 0 atom stereocenters. The Morgan fingerprint density at radius 1 is 1.17 bits per heavy atom. The summed E-state index contributed by atoms with van der Waals surface area (Å²) in [5, 5.41) is 0. The maximum atomic E-state index is 2.37. The number of hydrogen-bond donors (Lipinski definition) is 0. The lowest BCUT2D eigenvalue weighted by atomic mass is 9.78. The van der Waals surface area contributed by atoms with Crippen LogP contribution >= 0.6 is 0 Å². The summed E-state index contributed by atoms with van der Waals surface area (Å²) in [5.74, 6) is 0. The smallest absolute Gasteiger partial charge is 0.0111 e. The molecule has 0 aromatic carbocycles. The minimum Gasteiger partial charge on any atom is -0.0812 e. The molecule has 0 aromatic heterocycles. The Bertz CT molecular complexity index is 233. The molecular formula is C12H20. The lowest BCUT2D eigenvalue weighted by Crippen LogP contribution is -2.13. The van der Waals surface area contributed by atoms with Gasteiger partial charge in [0.1, 0.15) is 0 Å². The first-order valence-corrected chi connectivity index (χ1v) is 4.76. The molecule has 0 spiro atoms. The van der Waals surface area contributed by atoms with E-state index >= 15 is 0 Å². The van der Waals surface area contributed by atoms with Crippen molar-refractivity contribution in [1.82, 2.24) is 0 Å². The van der Waals surface area contributed by atoms with E-state index in [1.54, 1.807) is 11.1 Å². The van der Waals surface area contributed by atoms with E-state index in [0.29, 0.717) is 5.41 Å². The molecule has 0 saturated carbocycles. The van der Waals surface area contributed by atoms with Crippen LogP contribution in [0.25, 0.3) is 0 Å². The molecule has 1 rings (SSSR count). The van der Waals surface area contributed by atoms with E-state index in [2.05, 4.69) is 40.7 Å². The van der Waals surface area contributed by atoms with Crippen molar-refractivity contribution in [3.05, 3.63) is 22.8 Å². The van der Waals surface area contributed by atoms with Gasteiger partial charge in [-0.25, -0.2) is 0 Å². The Morgan fingerprint density at radius 3 is 2.17 bits per heavy atom. The summed E-state index contributed by atoms with van der Waals surface area (Å²) < 4.78 is 0. The fraction of sp³-hybridized carbons (Fsp3) is 0.667. The molecule has 0 aromatic rings. The molecule has 0 N–H and O–H groups in total. The van der Waals surface area contributed by atoms with Crippen LogP contribution < -0.4 is 0 Å². The van der Waals surface area contributed by atoms with E-state index in [1.165, 1.54) is 18.4 Å². The van der Waals surface area contributed by atoms with Gasteiger partial charge < -0.3 is 0 Å². The molecule has 0 unspecified atom stereocenters. The molecule has 68 valence electrons. The summed E-state index contributed by atoms with van der Waals surface area (Å²) >= 11 is 0. The van der Waals surface area contributed by atoms with Gasteiger partial charge in [0.05, 0.1) is 0 Å². The predicted octanol–water partition coefficient (Wildman–Crippen LogP) is 4.09. The normalized spacial score (nSPS) is 19.6. The zero-order chi connectivity index (χ0) is 9.35. The molecule has 0 heterocycles. The monoisotopic (exact) mass is 164 g/mol. The summed E-state index contributed by atoms with van der Waals surface area (Å²) in [5.41, 5.74) is 5.11. The van der Waals surface area contributed by atoms with Gasteiger partial charge in [0.2, 0.25) is 0 Å². The molecule has 0 nitrogen and oxygen atoms in total. The van der Waals surface area contributed by atoms with Crippen LogP contribution in [0.3, 0.4) is 0 Å². The van der Waals surface area contributed by atoms with Crippen molar-refractivity contribution in [1.29, 1.82) is 0 Å². The Kier molecular flexibility index (Phi) is 2.46. The molecule has 1 aliphatic carbocycles. The summed E-state index contributed by atoms with van der Waals surface area (Å²) in [6, 6.07) is 0. The van der Waals surface area contributed by atoms with Crippen LogP contribution in [0, 0.1) is 5.41 Å². The van der Waals surface area contributed by atoms with Crippen LogP contribution in [0.15, 0.2) is 22.8 Å². The van der Waals surface area contributed by atoms with Crippen LogP contribution in [0.5, 0.6) is 0 Å². The fourth-order valence-corrected chi connectivity index (χ4v) is 1.99. The average Bonchev–Trinajstić information content (AvgIpc) is 1.83. The average molecular weight is 164 g/mol. The molecule has 0 aliphatic heterocycles. The second-order valence-electron chi connectivity index (χ2n) is 4.94. The molecule has 0 radical (unpaired) electrons. The van der Waals surface area contributed by atoms with Crippen LogP contribution in [0.2, 0.25) is 0 Å². The summed E-state index contributed by atoms with van der Waals surface area (Å²) in [6.07, 6.45) is 4.72. The number of rotatable bonds is 0. The van der Waals surface area contributed by atoms with Crippen molar-refractivity contribution in [2.75, 3.05) is 0 Å². The predicted molar refractivity (Wildman–Crippen MR) is 55.1 cm³/mol. The Morgan fingerprint density at radius 2 is 1.75 bits per heavy atom. The van der Waals surface area contributed by atoms with E-state index in [9.17, 15) is 0 Å². The molecule has 0 bridgehead atoms. The molecule has 0 fully saturated rings. The van der Waals surface area contributed by atoms with Crippen molar-refractivity contribution in [3.8, 4) is 0 Å². The zero-order valence-corrected chi connectivity index (χ0v) is 8.99. The van der Waals surface area contributed by atoms with Gasteiger partial charge in [-0.2, -0.15) is 0 Å². The largest absolute Gasteiger partial charge is 0.0812 e. The summed E-state index contributed by atoms with van der Waals surface area (Å²) in [4.78, 5) is 0. The third kappa shape index (κ3) is 2.00. The van der Waals surface area contributed by atoms with Gasteiger partial charge in [0, 0.05) is 0 Å². The number of allylic oxidation sites excluding steroid dienone is 4. The van der Waals surface area contributed by atoms with Gasteiger partial charge in [-0.15, -0.1) is 0 Å². The molecule has 0 heteroatoms. The van der Waals surface area contributed by atoms with Crippen LogP contribution in [0.1, 0.15) is 47.5 Å². The van der Waals surface area contributed by atoms with Gasteiger partial charge in [-0.05, 0) is 32.1 Å². The topological polar surface area (TPSA) is 0 Å². The Labute approximate surface area is 76.4 Å². The maximum Gasteiger partial charge on any atom is -0.0111 e. The first kappa shape index (κ1) is 9.57. The Balaban J connectivity index is 2.87. The highest BCUT2D eigenvalue weighted by Gasteiger charge is 2.20. The lowest BCUT2D eigenvalue weighted by molar-refractivity contribution is 0.483. The first-order chi connectivity index (χ1) is 5.41. The SMILES string of the molecule is CC1=CCC(C(C)(C)C)=C(C)C1. The van der Waals surface area contributed by atoms with E-state index in [-0.39, 0.29) is 0 Å². The standard InChI is InChI=1S/C12H20/c1-9-6-7-11(10(2)8-9)12(3,4)5/h6H,7-8H2,1-5H3. The van der Waals surface area contributed by atoms with Gasteiger partial charge >= 0.3 is 0 Å². The zero-order valence-electron chi connectivity index (χ0n) is 8.99. The van der Waals surface area contributed by atoms with Crippen molar-refractivity contribution in [2.45, 2.75) is 47.5 Å². The van der Waals surface area contributed by atoms with Gasteiger partial charge in [-0.3, -0.25) is 0 Å². The van der Waals surface area contributed by atoms with Crippen molar-refractivity contribution < 1.29 is 0 Å². The second kappa shape index (κ2) is 3.08. The minimum absolute atomic E-state index is 0.362. The molecule has 0 saturated heterocycles. The van der Waals surface area contributed by atoms with Gasteiger partial charge in [0.15, 0.2) is 0 Å². The van der Waals surface area contributed by atoms with Crippen molar-refractivity contribution >= 4 is 0 Å². The van der Waals surface area contributed by atoms with E-state index in [1.807, 2.05) is 0 Å². The minimum atomic E-state index is 0.362. The first-order valence-electron chi connectivity index (χ1n) is 4.76. The highest BCUT2D eigenvalue weighted by Crippen LogP contribution is 2.36. The molecule has 0 amide bonds. The fourth-order valence-electron chi connectivity index (χ4n) is 1.99. The second-order valence-corrected chi connectivity index (χ2v) is 4.94. The van der Waals surface area contributed by atoms with E-state index < -0.39 is 0 Å². The van der Waals surface area contributed by atoms with Crippen LogP contribution in [0.4, 0.5) is 0 Å². The van der Waals surface area contributed by atoms with Crippen molar-refractivity contribution in [3.63, 3.8) is 0 Å². The van der Waals surface area contributed by atoms with Crippen molar-refractivity contribution in [2.24, 2.45) is 5.41 Å². The van der Waals surface area contributed by atoms with Gasteiger partial charge in [0.25, 0.3) is 0 Å². The quantitative estimate of drug-likeness (QED) is 0.473. The van der Waals surface area contributed by atoms with E-state index in [0.717, 1.165) is 0 Å². The van der Waals surface area contributed by atoms with Crippen LogP contribution in [-0.4, -0.2) is 0 Å². The highest BCUT2D eigenvalue weighted by atomic mass is 14.3. The maximum absolute atomic E-state index is 2.37. The third-order valence-electron chi connectivity index (χ3n) is 2.62.